The third-order valence-electron chi connectivity index (χ3n) is 5.11. The lowest BCUT2D eigenvalue weighted by atomic mass is 9.98. The van der Waals surface area contributed by atoms with Gasteiger partial charge in [-0.15, -0.1) is 0 Å². The van der Waals surface area contributed by atoms with Crippen molar-refractivity contribution in [2.45, 2.75) is 32.2 Å². The molecule has 7 nitrogen and oxygen atoms in total. The molecule has 1 saturated heterocycles. The van der Waals surface area contributed by atoms with Crippen LogP contribution in [0, 0.1) is 6.92 Å². The van der Waals surface area contributed by atoms with E-state index in [9.17, 15) is 9.59 Å². The topological polar surface area (TPSA) is 82.5 Å². The van der Waals surface area contributed by atoms with E-state index in [1.165, 1.54) is 0 Å². The summed E-state index contributed by atoms with van der Waals surface area (Å²) in [6.07, 6.45) is 4.44. The molecule has 0 bridgehead atoms. The molecule has 9 heteroatoms. The average Bonchev–Trinajstić information content (AvgIpc) is 3.10. The number of hydrogen-bond acceptors (Lipinski definition) is 5. The molecule has 146 valence electrons. The van der Waals surface area contributed by atoms with Gasteiger partial charge < -0.3 is 14.6 Å². The monoisotopic (exact) mass is 417 g/mol. The SMILES string of the molecule is Cc1cn2nc(C3CCCCN3C(=O)c3cc(Cl)ccc3NS)cc2[nH]c1=O. The molecule has 3 heterocycles. The highest BCUT2D eigenvalue weighted by atomic mass is 35.5. The highest BCUT2D eigenvalue weighted by Crippen LogP contribution is 2.33. The highest BCUT2D eigenvalue weighted by molar-refractivity contribution is 7.81. The minimum Gasteiger partial charge on any atom is -0.332 e. The Morgan fingerprint density at radius 2 is 2.18 bits per heavy atom. The van der Waals surface area contributed by atoms with Crippen molar-refractivity contribution in [2.75, 3.05) is 11.3 Å². The second-order valence-corrected chi connectivity index (χ2v) is 7.64. The van der Waals surface area contributed by atoms with Crippen molar-refractivity contribution in [3.05, 3.63) is 62.7 Å². The number of nitrogens with one attached hydrogen (secondary N) is 2. The maximum atomic E-state index is 13.3. The van der Waals surface area contributed by atoms with Crippen LogP contribution in [0.3, 0.4) is 0 Å². The molecule has 1 fully saturated rings. The number of hydrogen-bond donors (Lipinski definition) is 3. The lowest BCUT2D eigenvalue weighted by Gasteiger charge is -2.35. The van der Waals surface area contributed by atoms with Crippen LogP contribution in [0.15, 0.2) is 35.3 Å². The van der Waals surface area contributed by atoms with Crippen LogP contribution in [0.4, 0.5) is 5.69 Å². The number of nitrogens with zero attached hydrogens (tertiary/aromatic N) is 3. The number of aromatic amines is 1. The van der Waals surface area contributed by atoms with Crippen LogP contribution in [-0.2, 0) is 0 Å². The second kappa shape index (κ2) is 7.52. The lowest BCUT2D eigenvalue weighted by molar-refractivity contribution is 0.0607. The quantitative estimate of drug-likeness (QED) is 0.568. The predicted octanol–water partition coefficient (Wildman–Crippen LogP) is 3.61. The van der Waals surface area contributed by atoms with E-state index < -0.39 is 0 Å². The van der Waals surface area contributed by atoms with Crippen molar-refractivity contribution in [2.24, 2.45) is 0 Å². The van der Waals surface area contributed by atoms with Gasteiger partial charge in [-0.05, 0) is 44.4 Å². The van der Waals surface area contributed by atoms with E-state index in [0.29, 0.717) is 34.0 Å². The van der Waals surface area contributed by atoms with Gasteiger partial charge in [0.25, 0.3) is 11.5 Å². The first-order valence-electron chi connectivity index (χ1n) is 9.08. The Labute approximate surface area is 172 Å². The predicted molar refractivity (Wildman–Crippen MR) is 112 cm³/mol. The molecule has 1 aromatic carbocycles. The Balaban J connectivity index is 1.73. The van der Waals surface area contributed by atoms with Crippen LogP contribution in [0.25, 0.3) is 5.65 Å². The van der Waals surface area contributed by atoms with Gasteiger partial charge in [-0.3, -0.25) is 9.59 Å². The summed E-state index contributed by atoms with van der Waals surface area (Å²) in [4.78, 5) is 29.9. The normalized spacial score (nSPS) is 17.1. The van der Waals surface area contributed by atoms with Gasteiger partial charge in [-0.25, -0.2) is 4.52 Å². The van der Waals surface area contributed by atoms with E-state index >= 15 is 0 Å². The van der Waals surface area contributed by atoms with E-state index in [0.717, 1.165) is 25.0 Å². The molecule has 1 atom stereocenters. The summed E-state index contributed by atoms with van der Waals surface area (Å²) in [5, 5.41) is 5.11. The minimum absolute atomic E-state index is 0.120. The van der Waals surface area contributed by atoms with Crippen molar-refractivity contribution in [1.29, 1.82) is 0 Å². The number of aryl methyl sites for hydroxylation is 1. The summed E-state index contributed by atoms with van der Waals surface area (Å²) < 4.78 is 4.42. The number of rotatable bonds is 3. The first kappa shape index (κ1) is 18.9. The van der Waals surface area contributed by atoms with Gasteiger partial charge >= 0.3 is 0 Å². The zero-order valence-electron chi connectivity index (χ0n) is 15.3. The number of H-pyrrole nitrogens is 1. The number of benzene rings is 1. The standard InChI is InChI=1S/C19H20ClN5O2S/c1-11-10-25-17(21-18(11)26)9-15(22-25)16-4-2-3-7-24(16)19(27)13-8-12(20)5-6-14(13)23-28/h5-6,8-10,16,23,28H,2-4,7H2,1H3,(H,21,26). The van der Waals surface area contributed by atoms with Gasteiger partial charge in [0.05, 0.1) is 23.0 Å². The molecule has 0 aliphatic carbocycles. The lowest BCUT2D eigenvalue weighted by Crippen LogP contribution is -2.39. The molecule has 28 heavy (non-hydrogen) atoms. The van der Waals surface area contributed by atoms with Gasteiger partial charge in [0.15, 0.2) is 0 Å². The molecular weight excluding hydrogens is 398 g/mol. The Bertz CT molecular complexity index is 1110. The number of carbonyl (C=O) groups is 1. The van der Waals surface area contributed by atoms with Crippen LogP contribution in [-0.4, -0.2) is 31.9 Å². The van der Waals surface area contributed by atoms with Crippen molar-refractivity contribution >= 4 is 41.7 Å². The van der Waals surface area contributed by atoms with Crippen LogP contribution < -0.4 is 10.3 Å². The highest BCUT2D eigenvalue weighted by Gasteiger charge is 2.31. The number of likely N-dealkylation sites (tertiary alicyclic amines) is 1. The summed E-state index contributed by atoms with van der Waals surface area (Å²) >= 11 is 10.2. The molecule has 3 aromatic rings. The van der Waals surface area contributed by atoms with Gasteiger partial charge in [-0.2, -0.15) is 5.10 Å². The molecule has 1 unspecified atom stereocenters. The van der Waals surface area contributed by atoms with E-state index in [1.807, 2.05) is 11.0 Å². The zero-order valence-corrected chi connectivity index (χ0v) is 16.9. The largest absolute Gasteiger partial charge is 0.332 e. The molecule has 1 amide bonds. The molecule has 1 aliphatic rings. The fraction of sp³-hybridized carbons (Fsp3) is 0.316. The number of halogens is 1. The van der Waals surface area contributed by atoms with Crippen LogP contribution in [0.5, 0.6) is 0 Å². The maximum absolute atomic E-state index is 13.3. The number of amides is 1. The van der Waals surface area contributed by atoms with E-state index in [4.69, 9.17) is 11.6 Å². The van der Waals surface area contributed by atoms with Gasteiger partial charge in [0.2, 0.25) is 0 Å². The van der Waals surface area contributed by atoms with Gasteiger partial charge in [0.1, 0.15) is 5.65 Å². The average molecular weight is 418 g/mol. The number of thiol groups is 1. The zero-order chi connectivity index (χ0) is 19.8. The summed E-state index contributed by atoms with van der Waals surface area (Å²) in [7, 11) is 0. The van der Waals surface area contributed by atoms with Crippen molar-refractivity contribution in [3.8, 4) is 0 Å². The van der Waals surface area contributed by atoms with Gasteiger partial charge in [-0.1, -0.05) is 24.4 Å². The number of aromatic nitrogens is 3. The molecule has 2 aromatic heterocycles. The first-order chi connectivity index (χ1) is 13.5. The van der Waals surface area contributed by atoms with Crippen molar-refractivity contribution in [1.82, 2.24) is 19.5 Å². The molecule has 1 aliphatic heterocycles. The number of piperidine rings is 1. The van der Waals surface area contributed by atoms with E-state index in [2.05, 4.69) is 27.6 Å². The summed E-state index contributed by atoms with van der Waals surface area (Å²) in [5.41, 5.74) is 2.90. The fourth-order valence-electron chi connectivity index (χ4n) is 3.65. The Morgan fingerprint density at radius 3 is 2.96 bits per heavy atom. The third-order valence-corrected chi connectivity index (χ3v) is 5.58. The van der Waals surface area contributed by atoms with Crippen LogP contribution in [0.1, 0.15) is 46.9 Å². The first-order valence-corrected chi connectivity index (χ1v) is 9.90. The Morgan fingerprint density at radius 1 is 1.36 bits per heavy atom. The maximum Gasteiger partial charge on any atom is 0.256 e. The third kappa shape index (κ3) is 3.38. The van der Waals surface area contributed by atoms with Gasteiger partial charge in [0, 0.05) is 29.4 Å². The summed E-state index contributed by atoms with van der Waals surface area (Å²) in [6.45, 7) is 2.37. The second-order valence-electron chi connectivity index (χ2n) is 6.98. The molecule has 4 rings (SSSR count). The molecule has 2 N–H and O–H groups in total. The van der Waals surface area contributed by atoms with Crippen molar-refractivity contribution < 1.29 is 4.79 Å². The number of fused-ring (bicyclic) bond motifs is 1. The Kier molecular flexibility index (Phi) is 5.07. The molecule has 0 radical (unpaired) electrons. The molecule has 0 spiro atoms. The Hall–Kier alpha value is -2.45. The summed E-state index contributed by atoms with van der Waals surface area (Å²) in [5.74, 6) is -0.120. The minimum atomic E-state index is -0.170. The fourth-order valence-corrected chi connectivity index (χ4v) is 4.02. The van der Waals surface area contributed by atoms with E-state index in [-0.39, 0.29) is 17.5 Å². The van der Waals surface area contributed by atoms with Crippen LogP contribution in [0.2, 0.25) is 5.02 Å². The van der Waals surface area contributed by atoms with Crippen molar-refractivity contribution in [3.63, 3.8) is 0 Å². The molecular formula is C19H20ClN5O2S. The van der Waals surface area contributed by atoms with E-state index in [1.54, 1.807) is 35.8 Å². The number of anilines is 1. The molecule has 0 saturated carbocycles. The van der Waals surface area contributed by atoms with Crippen LogP contribution >= 0.6 is 24.4 Å². The smallest absolute Gasteiger partial charge is 0.256 e. The summed E-state index contributed by atoms with van der Waals surface area (Å²) in [6, 6.07) is 6.77. The number of carbonyl (C=O) groups excluding carboxylic acids is 1.